The van der Waals surface area contributed by atoms with Gasteiger partial charge >= 0.3 is 0 Å². The van der Waals surface area contributed by atoms with Gasteiger partial charge in [-0.25, -0.2) is 0 Å². The Hall–Kier alpha value is -2.81. The Kier molecular flexibility index (Phi) is 3.56. The smallest absolute Gasteiger partial charge is 0.244 e. The summed E-state index contributed by atoms with van der Waals surface area (Å²) in [6.07, 6.45) is 3.56. The molecule has 2 aromatic carbocycles. The van der Waals surface area contributed by atoms with Crippen LogP contribution in [0.3, 0.4) is 0 Å². The van der Waals surface area contributed by atoms with Gasteiger partial charge in [0.2, 0.25) is 5.91 Å². The Morgan fingerprint density at radius 3 is 2.62 bits per heavy atom. The standard InChI is InChI=1S/C18H16N2O/c1-19-17(21)12-16(13-6-3-2-4-7-13)15-9-5-8-14-10-11-20-18(14)15/h2-12,20H,1H3,(H,19,21)/b16-12+. The first-order valence-corrected chi connectivity index (χ1v) is 6.85. The van der Waals surface area contributed by atoms with Gasteiger partial charge in [0, 0.05) is 24.9 Å². The molecule has 3 rings (SSSR count). The summed E-state index contributed by atoms with van der Waals surface area (Å²) in [6, 6.07) is 18.1. The second-order valence-corrected chi connectivity index (χ2v) is 4.79. The number of benzene rings is 2. The van der Waals surface area contributed by atoms with E-state index in [4.69, 9.17) is 0 Å². The molecule has 0 aliphatic carbocycles. The van der Waals surface area contributed by atoms with Gasteiger partial charge in [0.15, 0.2) is 0 Å². The molecule has 0 fully saturated rings. The van der Waals surface area contributed by atoms with Crippen molar-refractivity contribution in [3.8, 4) is 0 Å². The SMILES string of the molecule is CNC(=O)/C=C(\c1ccccc1)c1cccc2cc[nH]c12. The number of aromatic amines is 1. The average molecular weight is 276 g/mol. The van der Waals surface area contributed by atoms with Gasteiger partial charge in [0.1, 0.15) is 0 Å². The van der Waals surface area contributed by atoms with E-state index >= 15 is 0 Å². The topological polar surface area (TPSA) is 44.9 Å². The summed E-state index contributed by atoms with van der Waals surface area (Å²) in [4.78, 5) is 15.1. The third kappa shape index (κ3) is 2.58. The minimum absolute atomic E-state index is 0.114. The minimum Gasteiger partial charge on any atom is -0.361 e. The highest BCUT2D eigenvalue weighted by atomic mass is 16.1. The van der Waals surface area contributed by atoms with E-state index in [0.717, 1.165) is 27.6 Å². The van der Waals surface area contributed by atoms with E-state index in [9.17, 15) is 4.79 Å². The highest BCUT2D eigenvalue weighted by Gasteiger charge is 2.11. The number of para-hydroxylation sites is 1. The number of carbonyl (C=O) groups is 1. The fourth-order valence-electron chi connectivity index (χ4n) is 2.45. The van der Waals surface area contributed by atoms with Crippen LogP contribution in [-0.4, -0.2) is 17.9 Å². The molecule has 1 heterocycles. The molecule has 0 atom stereocenters. The Morgan fingerprint density at radius 1 is 1.05 bits per heavy atom. The number of hydrogen-bond acceptors (Lipinski definition) is 1. The normalized spacial score (nSPS) is 11.6. The third-order valence-electron chi connectivity index (χ3n) is 3.48. The molecule has 0 unspecified atom stereocenters. The molecular formula is C18H16N2O. The second-order valence-electron chi connectivity index (χ2n) is 4.79. The maximum Gasteiger partial charge on any atom is 0.244 e. The van der Waals surface area contributed by atoms with Gasteiger partial charge in [0.25, 0.3) is 0 Å². The molecule has 3 aromatic rings. The number of H-pyrrole nitrogens is 1. The summed E-state index contributed by atoms with van der Waals surface area (Å²) in [7, 11) is 1.64. The fourth-order valence-corrected chi connectivity index (χ4v) is 2.45. The lowest BCUT2D eigenvalue weighted by Gasteiger charge is -2.10. The molecule has 0 saturated carbocycles. The van der Waals surface area contributed by atoms with Gasteiger partial charge in [-0.2, -0.15) is 0 Å². The zero-order chi connectivity index (χ0) is 14.7. The van der Waals surface area contributed by atoms with Crippen molar-refractivity contribution in [3.05, 3.63) is 78.0 Å². The monoisotopic (exact) mass is 276 g/mol. The van der Waals surface area contributed by atoms with E-state index in [1.165, 1.54) is 0 Å². The van der Waals surface area contributed by atoms with Gasteiger partial charge in [0.05, 0.1) is 5.52 Å². The summed E-state index contributed by atoms with van der Waals surface area (Å²) in [5, 5.41) is 3.78. The molecule has 0 aliphatic rings. The lowest BCUT2D eigenvalue weighted by molar-refractivity contribution is -0.116. The largest absolute Gasteiger partial charge is 0.361 e. The van der Waals surface area contributed by atoms with Crippen LogP contribution in [0.15, 0.2) is 66.9 Å². The number of amides is 1. The van der Waals surface area contributed by atoms with Crippen LogP contribution in [0.1, 0.15) is 11.1 Å². The molecule has 3 heteroatoms. The van der Waals surface area contributed by atoms with Crippen LogP contribution < -0.4 is 5.32 Å². The highest BCUT2D eigenvalue weighted by molar-refractivity contribution is 6.03. The maximum atomic E-state index is 11.8. The van der Waals surface area contributed by atoms with Crippen molar-refractivity contribution in [2.75, 3.05) is 7.05 Å². The summed E-state index contributed by atoms with van der Waals surface area (Å²) in [5.41, 5.74) is 3.98. The van der Waals surface area contributed by atoms with Gasteiger partial charge in [-0.15, -0.1) is 0 Å². The maximum absolute atomic E-state index is 11.8. The van der Waals surface area contributed by atoms with E-state index in [-0.39, 0.29) is 5.91 Å². The van der Waals surface area contributed by atoms with Gasteiger partial charge in [-0.05, 0) is 22.6 Å². The Bertz CT molecular complexity index is 800. The van der Waals surface area contributed by atoms with Crippen molar-refractivity contribution in [2.45, 2.75) is 0 Å². The average Bonchev–Trinajstić information content (AvgIpc) is 3.02. The quantitative estimate of drug-likeness (QED) is 0.708. The number of aromatic nitrogens is 1. The van der Waals surface area contributed by atoms with Crippen molar-refractivity contribution in [2.24, 2.45) is 0 Å². The molecule has 21 heavy (non-hydrogen) atoms. The molecule has 0 aliphatic heterocycles. The van der Waals surface area contributed by atoms with Crippen LogP contribution in [0.4, 0.5) is 0 Å². The van der Waals surface area contributed by atoms with Crippen molar-refractivity contribution in [1.82, 2.24) is 10.3 Å². The van der Waals surface area contributed by atoms with Crippen molar-refractivity contribution in [1.29, 1.82) is 0 Å². The molecule has 104 valence electrons. The lowest BCUT2D eigenvalue weighted by Crippen LogP contribution is -2.15. The van der Waals surface area contributed by atoms with E-state index in [0.29, 0.717) is 0 Å². The Balaban J connectivity index is 2.23. The Morgan fingerprint density at radius 2 is 1.86 bits per heavy atom. The van der Waals surface area contributed by atoms with E-state index < -0.39 is 0 Å². The number of nitrogens with one attached hydrogen (secondary N) is 2. The fraction of sp³-hybridized carbons (Fsp3) is 0.0556. The zero-order valence-corrected chi connectivity index (χ0v) is 11.8. The number of hydrogen-bond donors (Lipinski definition) is 2. The van der Waals surface area contributed by atoms with Crippen molar-refractivity contribution >= 4 is 22.4 Å². The van der Waals surface area contributed by atoms with E-state index in [2.05, 4.69) is 16.4 Å². The number of rotatable bonds is 3. The minimum atomic E-state index is -0.114. The number of carbonyl (C=O) groups excluding carboxylic acids is 1. The van der Waals surface area contributed by atoms with Crippen LogP contribution >= 0.6 is 0 Å². The lowest BCUT2D eigenvalue weighted by atomic mass is 9.96. The highest BCUT2D eigenvalue weighted by Crippen LogP contribution is 2.29. The zero-order valence-electron chi connectivity index (χ0n) is 11.8. The summed E-state index contributed by atoms with van der Waals surface area (Å²) >= 11 is 0. The first-order valence-electron chi connectivity index (χ1n) is 6.85. The summed E-state index contributed by atoms with van der Waals surface area (Å²) < 4.78 is 0. The molecule has 1 aromatic heterocycles. The summed E-state index contributed by atoms with van der Waals surface area (Å²) in [6.45, 7) is 0. The molecule has 0 saturated heterocycles. The molecule has 2 N–H and O–H groups in total. The number of fused-ring (bicyclic) bond motifs is 1. The third-order valence-corrected chi connectivity index (χ3v) is 3.48. The Labute approximate surface area is 123 Å². The summed E-state index contributed by atoms with van der Waals surface area (Å²) in [5.74, 6) is -0.114. The molecule has 0 spiro atoms. The predicted octanol–water partition coefficient (Wildman–Crippen LogP) is 3.35. The van der Waals surface area contributed by atoms with Crippen LogP contribution in [-0.2, 0) is 4.79 Å². The first-order chi connectivity index (χ1) is 10.3. The van der Waals surface area contributed by atoms with Crippen LogP contribution in [0.25, 0.3) is 16.5 Å². The molecular weight excluding hydrogens is 260 g/mol. The van der Waals surface area contributed by atoms with Crippen molar-refractivity contribution < 1.29 is 4.79 Å². The molecule has 1 amide bonds. The van der Waals surface area contributed by atoms with Crippen molar-refractivity contribution in [3.63, 3.8) is 0 Å². The first kappa shape index (κ1) is 13.2. The van der Waals surface area contributed by atoms with Crippen LogP contribution in [0.5, 0.6) is 0 Å². The molecule has 3 nitrogen and oxygen atoms in total. The van der Waals surface area contributed by atoms with Gasteiger partial charge in [-0.1, -0.05) is 48.5 Å². The van der Waals surface area contributed by atoms with Crippen LogP contribution in [0.2, 0.25) is 0 Å². The van der Waals surface area contributed by atoms with Crippen LogP contribution in [0, 0.1) is 0 Å². The molecule has 0 bridgehead atoms. The molecule has 0 radical (unpaired) electrons. The van der Waals surface area contributed by atoms with Gasteiger partial charge < -0.3 is 10.3 Å². The second kappa shape index (κ2) is 5.67. The van der Waals surface area contributed by atoms with E-state index in [1.54, 1.807) is 13.1 Å². The van der Waals surface area contributed by atoms with E-state index in [1.807, 2.05) is 54.7 Å². The van der Waals surface area contributed by atoms with Gasteiger partial charge in [-0.3, -0.25) is 4.79 Å². The number of likely N-dealkylation sites (N-methyl/N-ethyl adjacent to an activating group) is 1. The predicted molar refractivity (Wildman–Crippen MR) is 85.9 cm³/mol.